The van der Waals surface area contributed by atoms with Gasteiger partial charge in [0.25, 0.3) is 0 Å². The molecular weight excluding hydrogens is 198 g/mol. The van der Waals surface area contributed by atoms with Crippen molar-refractivity contribution in [1.29, 1.82) is 0 Å². The van der Waals surface area contributed by atoms with Crippen LogP contribution in [0.15, 0.2) is 0 Å². The fraction of sp³-hybridized carbons (Fsp3) is 0.900. The van der Waals surface area contributed by atoms with Gasteiger partial charge in [0.15, 0.2) is 0 Å². The first-order valence-corrected chi connectivity index (χ1v) is 6.47. The Morgan fingerprint density at radius 1 is 1.29 bits per heavy atom. The zero-order chi connectivity index (χ0) is 9.97. The van der Waals surface area contributed by atoms with Gasteiger partial charge < -0.3 is 5.11 Å². The number of nitrogens with zero attached hydrogens (tertiary/aromatic N) is 1. The number of carboxylic acid groups (broad SMARTS) is 1. The lowest BCUT2D eigenvalue weighted by molar-refractivity contribution is -0.141. The van der Waals surface area contributed by atoms with Crippen LogP contribution >= 0.6 is 11.8 Å². The Kier molecular flexibility index (Phi) is 3.34. The van der Waals surface area contributed by atoms with Gasteiger partial charge in [-0.2, -0.15) is 11.8 Å². The molecule has 2 heterocycles. The maximum atomic E-state index is 10.8. The number of carbonyl (C=O) groups is 1. The minimum atomic E-state index is -0.613. The largest absolute Gasteiger partial charge is 0.481 e. The second-order valence-corrected chi connectivity index (χ2v) is 5.39. The van der Waals surface area contributed by atoms with E-state index in [-0.39, 0.29) is 5.92 Å². The first kappa shape index (κ1) is 10.3. The summed E-state index contributed by atoms with van der Waals surface area (Å²) in [7, 11) is 0. The molecule has 0 bridgehead atoms. The fourth-order valence-corrected chi connectivity index (χ4v) is 3.45. The molecular formula is C10H17NO2S. The topological polar surface area (TPSA) is 40.5 Å². The average Bonchev–Trinajstić information content (AvgIpc) is 2.68. The molecule has 2 fully saturated rings. The minimum Gasteiger partial charge on any atom is -0.481 e. The summed E-state index contributed by atoms with van der Waals surface area (Å²) in [4.78, 5) is 13.2. The van der Waals surface area contributed by atoms with Crippen molar-refractivity contribution in [3.05, 3.63) is 0 Å². The maximum Gasteiger partial charge on any atom is 0.307 e. The van der Waals surface area contributed by atoms with Crippen molar-refractivity contribution in [3.8, 4) is 0 Å². The molecule has 2 aliphatic heterocycles. The zero-order valence-corrected chi connectivity index (χ0v) is 9.13. The van der Waals surface area contributed by atoms with Crippen LogP contribution in [0.3, 0.4) is 0 Å². The summed E-state index contributed by atoms with van der Waals surface area (Å²) in [5, 5.41) is 8.90. The van der Waals surface area contributed by atoms with Gasteiger partial charge in [-0.15, -0.1) is 0 Å². The smallest absolute Gasteiger partial charge is 0.307 e. The number of carboxylic acids is 1. The standard InChI is InChI=1S/C10H17NO2S/c12-10(13)8-1-4-11(7-8)9-2-5-14-6-3-9/h8-9H,1-7H2,(H,12,13). The Labute approximate surface area is 88.9 Å². The van der Waals surface area contributed by atoms with Crippen LogP contribution < -0.4 is 0 Å². The number of thioether (sulfide) groups is 1. The van der Waals surface area contributed by atoms with Crippen LogP contribution in [0, 0.1) is 5.92 Å². The van der Waals surface area contributed by atoms with Gasteiger partial charge in [0.05, 0.1) is 5.92 Å². The van der Waals surface area contributed by atoms with Crippen LogP contribution in [-0.4, -0.2) is 46.6 Å². The Bertz CT molecular complexity index is 216. The van der Waals surface area contributed by atoms with E-state index in [2.05, 4.69) is 4.90 Å². The third kappa shape index (κ3) is 2.23. The number of hydrogen-bond donors (Lipinski definition) is 1. The van der Waals surface area contributed by atoms with Gasteiger partial charge in [0.2, 0.25) is 0 Å². The summed E-state index contributed by atoms with van der Waals surface area (Å²) < 4.78 is 0. The quantitative estimate of drug-likeness (QED) is 0.753. The van der Waals surface area contributed by atoms with Crippen molar-refractivity contribution in [2.75, 3.05) is 24.6 Å². The van der Waals surface area contributed by atoms with Crippen LogP contribution in [0.5, 0.6) is 0 Å². The average molecular weight is 215 g/mol. The van der Waals surface area contributed by atoms with Gasteiger partial charge in [0, 0.05) is 12.6 Å². The van der Waals surface area contributed by atoms with Crippen LogP contribution in [0.2, 0.25) is 0 Å². The van der Waals surface area contributed by atoms with Crippen LogP contribution in [0.1, 0.15) is 19.3 Å². The van der Waals surface area contributed by atoms with Gasteiger partial charge in [-0.05, 0) is 37.3 Å². The highest BCUT2D eigenvalue weighted by molar-refractivity contribution is 7.99. The highest BCUT2D eigenvalue weighted by atomic mass is 32.2. The van der Waals surface area contributed by atoms with E-state index in [0.29, 0.717) is 6.04 Å². The third-order valence-corrected chi connectivity index (χ3v) is 4.32. The van der Waals surface area contributed by atoms with Gasteiger partial charge in [-0.3, -0.25) is 9.69 Å². The number of likely N-dealkylation sites (tertiary alicyclic amines) is 1. The van der Waals surface area contributed by atoms with Crippen LogP contribution in [0.25, 0.3) is 0 Å². The SMILES string of the molecule is O=C(O)C1CCN(C2CCSCC2)C1. The third-order valence-electron chi connectivity index (χ3n) is 3.28. The normalized spacial score (nSPS) is 30.7. The summed E-state index contributed by atoms with van der Waals surface area (Å²) >= 11 is 2.02. The monoisotopic (exact) mass is 215 g/mol. The van der Waals surface area contributed by atoms with E-state index in [1.807, 2.05) is 11.8 Å². The Hall–Kier alpha value is -0.220. The van der Waals surface area contributed by atoms with E-state index in [1.54, 1.807) is 0 Å². The van der Waals surface area contributed by atoms with Crippen molar-refractivity contribution in [1.82, 2.24) is 4.90 Å². The molecule has 2 rings (SSSR count). The lowest BCUT2D eigenvalue weighted by atomic mass is 10.1. The first-order chi connectivity index (χ1) is 6.77. The first-order valence-electron chi connectivity index (χ1n) is 5.32. The molecule has 3 nitrogen and oxygen atoms in total. The molecule has 4 heteroatoms. The number of rotatable bonds is 2. The predicted octanol–water partition coefficient (Wildman–Crippen LogP) is 1.29. The number of hydrogen-bond acceptors (Lipinski definition) is 3. The molecule has 0 aromatic carbocycles. The highest BCUT2D eigenvalue weighted by Gasteiger charge is 2.32. The second kappa shape index (κ2) is 4.53. The van der Waals surface area contributed by atoms with Crippen LogP contribution in [-0.2, 0) is 4.79 Å². The van der Waals surface area contributed by atoms with Gasteiger partial charge in [-0.1, -0.05) is 0 Å². The summed E-state index contributed by atoms with van der Waals surface area (Å²) in [5.74, 6) is 1.78. The lowest BCUT2D eigenvalue weighted by Gasteiger charge is -2.30. The van der Waals surface area contributed by atoms with E-state index in [9.17, 15) is 4.79 Å². The molecule has 0 aromatic rings. The Morgan fingerprint density at radius 2 is 2.00 bits per heavy atom. The molecule has 1 N–H and O–H groups in total. The zero-order valence-electron chi connectivity index (χ0n) is 8.32. The summed E-state index contributed by atoms with van der Waals surface area (Å²) in [5.41, 5.74) is 0. The van der Waals surface area contributed by atoms with Gasteiger partial charge >= 0.3 is 5.97 Å². The summed E-state index contributed by atoms with van der Waals surface area (Å²) in [6.07, 6.45) is 3.34. The van der Waals surface area contributed by atoms with Crippen molar-refractivity contribution < 1.29 is 9.90 Å². The second-order valence-electron chi connectivity index (χ2n) is 4.16. The molecule has 0 aliphatic carbocycles. The van der Waals surface area contributed by atoms with Crippen molar-refractivity contribution in [3.63, 3.8) is 0 Å². The molecule has 0 spiro atoms. The molecule has 1 atom stereocenters. The minimum absolute atomic E-state index is 0.107. The van der Waals surface area contributed by atoms with Gasteiger partial charge in [-0.25, -0.2) is 0 Å². The van der Waals surface area contributed by atoms with E-state index in [1.165, 1.54) is 24.3 Å². The van der Waals surface area contributed by atoms with E-state index < -0.39 is 5.97 Å². The van der Waals surface area contributed by atoms with Gasteiger partial charge in [0.1, 0.15) is 0 Å². The molecule has 2 saturated heterocycles. The fourth-order valence-electron chi connectivity index (χ4n) is 2.37. The predicted molar refractivity (Wildman–Crippen MR) is 57.7 cm³/mol. The van der Waals surface area contributed by atoms with E-state index in [0.717, 1.165) is 19.5 Å². The Morgan fingerprint density at radius 3 is 2.57 bits per heavy atom. The van der Waals surface area contributed by atoms with Crippen LogP contribution in [0.4, 0.5) is 0 Å². The molecule has 1 unspecified atom stereocenters. The molecule has 2 aliphatic rings. The lowest BCUT2D eigenvalue weighted by Crippen LogP contribution is -2.36. The number of aliphatic carboxylic acids is 1. The molecule has 14 heavy (non-hydrogen) atoms. The van der Waals surface area contributed by atoms with Crippen molar-refractivity contribution in [2.24, 2.45) is 5.92 Å². The summed E-state index contributed by atoms with van der Waals surface area (Å²) in [6, 6.07) is 0.667. The molecule has 0 amide bonds. The van der Waals surface area contributed by atoms with E-state index in [4.69, 9.17) is 5.11 Å². The van der Waals surface area contributed by atoms with Crippen molar-refractivity contribution in [2.45, 2.75) is 25.3 Å². The maximum absolute atomic E-state index is 10.8. The summed E-state index contributed by atoms with van der Waals surface area (Å²) in [6.45, 7) is 1.77. The molecule has 80 valence electrons. The molecule has 0 saturated carbocycles. The van der Waals surface area contributed by atoms with Crippen molar-refractivity contribution >= 4 is 17.7 Å². The highest BCUT2D eigenvalue weighted by Crippen LogP contribution is 2.26. The Balaban J connectivity index is 1.85. The van der Waals surface area contributed by atoms with E-state index >= 15 is 0 Å². The molecule has 0 radical (unpaired) electrons. The molecule has 0 aromatic heterocycles.